The summed E-state index contributed by atoms with van der Waals surface area (Å²) in [5.74, 6) is 0.950. The summed E-state index contributed by atoms with van der Waals surface area (Å²) in [4.78, 5) is 20.2. The van der Waals surface area contributed by atoms with Crippen LogP contribution in [0.5, 0.6) is 0 Å². The first kappa shape index (κ1) is 26.3. The van der Waals surface area contributed by atoms with E-state index < -0.39 is 11.4 Å². The van der Waals surface area contributed by atoms with Crippen molar-refractivity contribution >= 4 is 29.0 Å². The number of aliphatic hydroxyl groups is 1. The van der Waals surface area contributed by atoms with Crippen molar-refractivity contribution in [2.45, 2.75) is 57.5 Å². The van der Waals surface area contributed by atoms with Crippen molar-refractivity contribution in [1.29, 1.82) is 0 Å². The summed E-state index contributed by atoms with van der Waals surface area (Å²) >= 11 is 5.89. The molecule has 0 spiro atoms. The van der Waals surface area contributed by atoms with E-state index in [2.05, 4.69) is 35.1 Å². The molecule has 2 saturated carbocycles. The van der Waals surface area contributed by atoms with Crippen LogP contribution in [-0.4, -0.2) is 43.4 Å². The molecule has 2 aromatic heterocycles. The Kier molecular flexibility index (Phi) is 6.30. The highest BCUT2D eigenvalue weighted by atomic mass is 35.5. The number of nitrogens with one attached hydrogen (secondary N) is 1. The Morgan fingerprint density at radius 1 is 1.18 bits per heavy atom. The van der Waals surface area contributed by atoms with Crippen LogP contribution in [-0.2, 0) is 19.7 Å². The van der Waals surface area contributed by atoms with Gasteiger partial charge in [0.25, 0.3) is 5.91 Å². The Balaban J connectivity index is 1.16. The van der Waals surface area contributed by atoms with E-state index >= 15 is 0 Å². The molecule has 1 aliphatic heterocycles. The molecule has 8 nitrogen and oxygen atoms in total. The van der Waals surface area contributed by atoms with Gasteiger partial charge in [0.15, 0.2) is 5.82 Å². The second-order valence-electron chi connectivity index (χ2n) is 12.6. The van der Waals surface area contributed by atoms with Gasteiger partial charge in [0.2, 0.25) is 0 Å². The zero-order chi connectivity index (χ0) is 27.7. The minimum atomic E-state index is -0.901. The number of amides is 1. The third-order valence-corrected chi connectivity index (χ3v) is 9.42. The number of carbonyl (C=O) groups is 1. The molecule has 10 heteroatoms. The summed E-state index contributed by atoms with van der Waals surface area (Å²) in [5, 5.41) is 19.4. The fourth-order valence-electron chi connectivity index (χ4n) is 7.23. The first-order valence-corrected chi connectivity index (χ1v) is 14.1. The van der Waals surface area contributed by atoms with Gasteiger partial charge in [-0.15, -0.1) is 0 Å². The average Bonchev–Trinajstić information content (AvgIpc) is 3.65. The number of halogens is 2. The summed E-state index contributed by atoms with van der Waals surface area (Å²) in [6.45, 7) is 6.54. The third-order valence-electron chi connectivity index (χ3n) is 9.13. The number of imidazole rings is 1. The van der Waals surface area contributed by atoms with Crippen LogP contribution in [0.15, 0.2) is 30.6 Å². The van der Waals surface area contributed by atoms with E-state index in [0.717, 1.165) is 49.6 Å². The number of hydrogen-bond donors (Lipinski definition) is 2. The van der Waals surface area contributed by atoms with Crippen molar-refractivity contribution in [1.82, 2.24) is 19.3 Å². The Morgan fingerprint density at radius 3 is 2.54 bits per heavy atom. The number of anilines is 2. The van der Waals surface area contributed by atoms with Crippen molar-refractivity contribution in [3.63, 3.8) is 0 Å². The van der Waals surface area contributed by atoms with Crippen LogP contribution < -0.4 is 10.2 Å². The van der Waals surface area contributed by atoms with E-state index in [9.17, 15) is 14.3 Å². The first-order chi connectivity index (χ1) is 18.4. The van der Waals surface area contributed by atoms with Crippen molar-refractivity contribution < 1.29 is 14.3 Å². The molecule has 2 atom stereocenters. The van der Waals surface area contributed by atoms with E-state index in [1.165, 1.54) is 18.2 Å². The van der Waals surface area contributed by atoms with Gasteiger partial charge >= 0.3 is 0 Å². The molecule has 0 radical (unpaired) electrons. The minimum absolute atomic E-state index is 0.0426. The van der Waals surface area contributed by atoms with Crippen LogP contribution >= 0.6 is 11.6 Å². The van der Waals surface area contributed by atoms with Gasteiger partial charge in [-0.3, -0.25) is 9.48 Å². The smallest absolute Gasteiger partial charge is 0.274 e. The Bertz CT molecular complexity index is 1420. The van der Waals surface area contributed by atoms with Gasteiger partial charge in [-0.25, -0.2) is 9.37 Å². The zero-order valence-corrected chi connectivity index (χ0v) is 23.7. The lowest BCUT2D eigenvalue weighted by Crippen LogP contribution is -2.26. The van der Waals surface area contributed by atoms with Crippen LogP contribution in [0, 0.1) is 23.1 Å². The van der Waals surface area contributed by atoms with Gasteiger partial charge in [0.05, 0.1) is 22.7 Å². The monoisotopic (exact) mass is 554 g/mol. The number of carbonyl (C=O) groups excluding carboxylic acids is 1. The van der Waals surface area contributed by atoms with E-state index in [0.29, 0.717) is 36.1 Å². The van der Waals surface area contributed by atoms with Crippen molar-refractivity contribution in [3.05, 3.63) is 58.5 Å². The number of benzene rings is 1. The molecule has 3 fully saturated rings. The second kappa shape index (κ2) is 9.34. The summed E-state index contributed by atoms with van der Waals surface area (Å²) in [6, 6.07) is 6.21. The molecule has 3 aromatic rings. The molecule has 39 heavy (non-hydrogen) atoms. The predicted molar refractivity (Wildman–Crippen MR) is 148 cm³/mol. The molecular weight excluding hydrogens is 519 g/mol. The lowest BCUT2D eigenvalue weighted by atomic mass is 9.90. The largest absolute Gasteiger partial charge is 0.384 e. The molecule has 0 bridgehead atoms. The van der Waals surface area contributed by atoms with Gasteiger partial charge in [0.1, 0.15) is 17.1 Å². The van der Waals surface area contributed by atoms with Crippen molar-refractivity contribution in [2.24, 2.45) is 31.3 Å². The summed E-state index contributed by atoms with van der Waals surface area (Å²) in [7, 11) is 3.74. The standard InChI is InChI=1S/C29H36ClFN6O2/c1-28(2)7-8-37(15-28)24-12-23(36(4)34-24)29(39)13-18-9-17(10-19(18)14-29)25-26(35(3)16-32-25)27(38)33-20-5-6-22(31)21(30)11-20/h5-6,11-12,16-19,39H,7-10,13-15H2,1-4H3,(H,33,38). The van der Waals surface area contributed by atoms with Crippen LogP contribution in [0.2, 0.25) is 5.02 Å². The maximum absolute atomic E-state index is 13.6. The molecule has 1 aromatic carbocycles. The lowest BCUT2D eigenvalue weighted by molar-refractivity contribution is 0.0263. The summed E-state index contributed by atoms with van der Waals surface area (Å²) < 4.78 is 17.2. The zero-order valence-electron chi connectivity index (χ0n) is 22.9. The normalized spacial score (nSPS) is 27.8. The van der Waals surface area contributed by atoms with Gasteiger partial charge in [0, 0.05) is 44.9 Å². The van der Waals surface area contributed by atoms with E-state index in [4.69, 9.17) is 16.7 Å². The molecule has 1 amide bonds. The number of nitrogens with zero attached hydrogens (tertiary/aromatic N) is 5. The quantitative estimate of drug-likeness (QED) is 0.451. The van der Waals surface area contributed by atoms with Gasteiger partial charge in [-0.2, -0.15) is 5.10 Å². The molecule has 2 aliphatic carbocycles. The molecule has 2 unspecified atom stereocenters. The van der Waals surface area contributed by atoms with Gasteiger partial charge in [-0.05, 0) is 67.6 Å². The minimum Gasteiger partial charge on any atom is -0.384 e. The predicted octanol–water partition coefficient (Wildman–Crippen LogP) is 5.23. The number of fused-ring (bicyclic) bond motifs is 1. The highest BCUT2D eigenvalue weighted by molar-refractivity contribution is 6.31. The number of hydrogen-bond acceptors (Lipinski definition) is 5. The highest BCUT2D eigenvalue weighted by Gasteiger charge is 2.52. The lowest BCUT2D eigenvalue weighted by Gasteiger charge is -2.25. The molecule has 3 heterocycles. The SMILES string of the molecule is Cn1cnc(C2CC3CC(O)(c4cc(N5CCC(C)(C)C5)nn4C)CC3C2)c1C(=O)Nc1ccc(F)c(Cl)c1. The number of aromatic nitrogens is 4. The van der Waals surface area contributed by atoms with Crippen LogP contribution in [0.1, 0.15) is 73.7 Å². The average molecular weight is 555 g/mol. The molecule has 208 valence electrons. The maximum Gasteiger partial charge on any atom is 0.274 e. The van der Waals surface area contributed by atoms with Gasteiger partial charge < -0.3 is 19.9 Å². The number of aryl methyl sites for hydroxylation is 2. The van der Waals surface area contributed by atoms with E-state index in [1.54, 1.807) is 17.9 Å². The third kappa shape index (κ3) is 4.73. The molecule has 3 aliphatic rings. The second-order valence-corrected chi connectivity index (χ2v) is 13.1. The molecule has 2 N–H and O–H groups in total. The molecule has 1 saturated heterocycles. The fraction of sp³-hybridized carbons (Fsp3) is 0.552. The maximum atomic E-state index is 13.6. The van der Waals surface area contributed by atoms with E-state index in [-0.39, 0.29) is 22.3 Å². The topological polar surface area (TPSA) is 88.2 Å². The Labute approximate surface area is 233 Å². The van der Waals surface area contributed by atoms with Crippen LogP contribution in [0.3, 0.4) is 0 Å². The summed E-state index contributed by atoms with van der Waals surface area (Å²) in [6.07, 6.45) is 5.92. The molecule has 6 rings (SSSR count). The molecular formula is C29H36ClFN6O2. The van der Waals surface area contributed by atoms with Crippen LogP contribution in [0.4, 0.5) is 15.9 Å². The number of rotatable bonds is 5. The Morgan fingerprint density at radius 2 is 1.90 bits per heavy atom. The fourth-order valence-corrected chi connectivity index (χ4v) is 7.41. The summed E-state index contributed by atoms with van der Waals surface area (Å²) in [5.41, 5.74) is 1.98. The van der Waals surface area contributed by atoms with Crippen molar-refractivity contribution in [3.8, 4) is 0 Å². The Hall–Kier alpha value is -2.91. The highest BCUT2D eigenvalue weighted by Crippen LogP contribution is 2.57. The van der Waals surface area contributed by atoms with Crippen molar-refractivity contribution in [2.75, 3.05) is 23.3 Å². The van der Waals surface area contributed by atoms with Gasteiger partial charge in [-0.1, -0.05) is 25.4 Å². The van der Waals surface area contributed by atoms with Crippen LogP contribution in [0.25, 0.3) is 0 Å². The van der Waals surface area contributed by atoms with E-state index in [1.807, 2.05) is 11.7 Å². The first-order valence-electron chi connectivity index (χ1n) is 13.7.